The molecule has 5 nitrogen and oxygen atoms in total. The first-order valence-electron chi connectivity index (χ1n) is 6.36. The second kappa shape index (κ2) is 5.35. The lowest BCUT2D eigenvalue weighted by Crippen LogP contribution is -2.37. The van der Waals surface area contributed by atoms with Crippen molar-refractivity contribution in [2.24, 2.45) is 0 Å². The maximum atomic E-state index is 10.7. The van der Waals surface area contributed by atoms with E-state index in [4.69, 9.17) is 0 Å². The summed E-state index contributed by atoms with van der Waals surface area (Å²) >= 11 is 0. The van der Waals surface area contributed by atoms with Crippen molar-refractivity contribution in [2.45, 2.75) is 26.3 Å². The molecule has 0 saturated carbocycles. The average molecular weight is 249 g/mol. The van der Waals surface area contributed by atoms with Crippen LogP contribution in [0, 0.1) is 17.0 Å². The van der Waals surface area contributed by atoms with Gasteiger partial charge in [-0.05, 0) is 38.4 Å². The Labute approximate surface area is 107 Å². The lowest BCUT2D eigenvalue weighted by Gasteiger charge is -2.30. The topological polar surface area (TPSA) is 58.4 Å². The minimum absolute atomic E-state index is 0.164. The normalized spacial score (nSPS) is 18.9. The van der Waals surface area contributed by atoms with Gasteiger partial charge in [0.25, 0.3) is 5.69 Å². The zero-order valence-corrected chi connectivity index (χ0v) is 10.8. The molecule has 1 unspecified atom stereocenters. The Morgan fingerprint density at radius 2 is 2.33 bits per heavy atom. The van der Waals surface area contributed by atoms with Crippen LogP contribution >= 0.6 is 0 Å². The zero-order valence-electron chi connectivity index (χ0n) is 10.8. The third kappa shape index (κ3) is 2.46. The number of anilines is 1. The molecule has 5 heteroatoms. The van der Waals surface area contributed by atoms with Crippen LogP contribution in [-0.4, -0.2) is 30.6 Å². The fourth-order valence-electron chi connectivity index (χ4n) is 2.61. The molecule has 1 atom stereocenters. The van der Waals surface area contributed by atoms with Gasteiger partial charge in [0.05, 0.1) is 4.92 Å². The van der Waals surface area contributed by atoms with E-state index in [0.29, 0.717) is 6.04 Å². The Balaban J connectivity index is 2.27. The summed E-state index contributed by atoms with van der Waals surface area (Å²) in [6.07, 6.45) is 1.13. The van der Waals surface area contributed by atoms with E-state index in [1.807, 2.05) is 13.0 Å². The molecule has 1 fully saturated rings. The second-order valence-corrected chi connectivity index (χ2v) is 4.66. The van der Waals surface area contributed by atoms with E-state index < -0.39 is 0 Å². The van der Waals surface area contributed by atoms with Crippen LogP contribution in [0.3, 0.4) is 0 Å². The van der Waals surface area contributed by atoms with Gasteiger partial charge >= 0.3 is 0 Å². The number of non-ortho nitro benzene ring substituents is 1. The first-order chi connectivity index (χ1) is 8.63. The van der Waals surface area contributed by atoms with E-state index in [2.05, 4.69) is 17.1 Å². The van der Waals surface area contributed by atoms with Gasteiger partial charge in [-0.2, -0.15) is 0 Å². The smallest absolute Gasteiger partial charge is 0.269 e. The summed E-state index contributed by atoms with van der Waals surface area (Å²) in [5, 5.41) is 14.1. The quantitative estimate of drug-likeness (QED) is 0.655. The van der Waals surface area contributed by atoms with Gasteiger partial charge in [-0.3, -0.25) is 10.1 Å². The van der Waals surface area contributed by atoms with Crippen molar-refractivity contribution in [2.75, 3.05) is 24.5 Å². The molecule has 2 rings (SSSR count). The number of nitrogens with zero attached hydrogens (tertiary/aromatic N) is 2. The molecule has 1 aliphatic heterocycles. The predicted molar refractivity (Wildman–Crippen MR) is 72.1 cm³/mol. The van der Waals surface area contributed by atoms with E-state index in [1.54, 1.807) is 12.1 Å². The number of nitro benzene ring substituents is 1. The summed E-state index contributed by atoms with van der Waals surface area (Å²) in [5.41, 5.74) is 2.24. The highest BCUT2D eigenvalue weighted by Crippen LogP contribution is 2.27. The van der Waals surface area contributed by atoms with Crippen LogP contribution in [0.5, 0.6) is 0 Å². The number of rotatable bonds is 4. The number of nitrogens with one attached hydrogen (secondary N) is 1. The highest BCUT2D eigenvalue weighted by Gasteiger charge is 2.23. The maximum Gasteiger partial charge on any atom is 0.269 e. The predicted octanol–water partition coefficient (Wildman–Crippen LogP) is 2.09. The average Bonchev–Trinajstić information content (AvgIpc) is 2.85. The first-order valence-corrected chi connectivity index (χ1v) is 6.36. The maximum absolute atomic E-state index is 10.7. The van der Waals surface area contributed by atoms with E-state index in [9.17, 15) is 10.1 Å². The molecule has 0 aliphatic carbocycles. The number of likely N-dealkylation sites (N-methyl/N-ethyl adjacent to an activating group) is 1. The second-order valence-electron chi connectivity index (χ2n) is 4.66. The summed E-state index contributed by atoms with van der Waals surface area (Å²) in [6, 6.07) is 5.61. The van der Waals surface area contributed by atoms with Gasteiger partial charge in [0.15, 0.2) is 0 Å². The Bertz CT molecular complexity index is 442. The SMILES string of the molecule is CCN(c1ccc([N+](=O)[O-])cc1C)C1CCNC1. The van der Waals surface area contributed by atoms with Crippen LogP contribution < -0.4 is 10.2 Å². The fourth-order valence-corrected chi connectivity index (χ4v) is 2.61. The minimum Gasteiger partial charge on any atom is -0.367 e. The molecule has 0 aromatic heterocycles. The lowest BCUT2D eigenvalue weighted by molar-refractivity contribution is -0.384. The molecule has 0 bridgehead atoms. The lowest BCUT2D eigenvalue weighted by atomic mass is 10.1. The monoisotopic (exact) mass is 249 g/mol. The third-order valence-electron chi connectivity index (χ3n) is 3.52. The highest BCUT2D eigenvalue weighted by atomic mass is 16.6. The van der Waals surface area contributed by atoms with E-state index >= 15 is 0 Å². The van der Waals surface area contributed by atoms with E-state index in [-0.39, 0.29) is 10.6 Å². The standard InChI is InChI=1S/C13H19N3O2/c1-3-15(12-6-7-14-9-12)13-5-4-11(16(17)18)8-10(13)2/h4-5,8,12,14H,3,6-7,9H2,1-2H3. The van der Waals surface area contributed by atoms with Crippen LogP contribution in [0.1, 0.15) is 18.9 Å². The number of benzene rings is 1. The molecule has 18 heavy (non-hydrogen) atoms. The fraction of sp³-hybridized carbons (Fsp3) is 0.538. The van der Waals surface area contributed by atoms with Crippen LogP contribution in [0.25, 0.3) is 0 Å². The summed E-state index contributed by atoms with van der Waals surface area (Å²) in [6.45, 7) is 7.02. The molecule has 1 N–H and O–H groups in total. The molecule has 0 amide bonds. The van der Waals surface area contributed by atoms with Gasteiger partial charge < -0.3 is 10.2 Å². The molecular weight excluding hydrogens is 230 g/mol. The molecular formula is C13H19N3O2. The summed E-state index contributed by atoms with van der Waals surface area (Å²) < 4.78 is 0. The van der Waals surface area contributed by atoms with Gasteiger partial charge in [-0.25, -0.2) is 0 Å². The van der Waals surface area contributed by atoms with Gasteiger partial charge in [0.2, 0.25) is 0 Å². The highest BCUT2D eigenvalue weighted by molar-refractivity contribution is 5.58. The third-order valence-corrected chi connectivity index (χ3v) is 3.52. The minimum atomic E-state index is -0.343. The summed E-state index contributed by atoms with van der Waals surface area (Å²) in [4.78, 5) is 12.7. The Kier molecular flexibility index (Phi) is 3.81. The van der Waals surface area contributed by atoms with Crippen molar-refractivity contribution >= 4 is 11.4 Å². The van der Waals surface area contributed by atoms with Crippen molar-refractivity contribution in [3.05, 3.63) is 33.9 Å². The molecule has 98 valence electrons. The van der Waals surface area contributed by atoms with Crippen molar-refractivity contribution < 1.29 is 4.92 Å². The van der Waals surface area contributed by atoms with Crippen LogP contribution in [0.2, 0.25) is 0 Å². The number of hydrogen-bond donors (Lipinski definition) is 1. The van der Waals surface area contributed by atoms with E-state index in [0.717, 1.165) is 37.3 Å². The molecule has 1 heterocycles. The van der Waals surface area contributed by atoms with E-state index in [1.165, 1.54) is 0 Å². The Morgan fingerprint density at radius 1 is 1.56 bits per heavy atom. The molecule has 1 aliphatic rings. The van der Waals surface area contributed by atoms with Gasteiger partial charge in [-0.15, -0.1) is 0 Å². The molecule has 1 saturated heterocycles. The van der Waals surface area contributed by atoms with Crippen molar-refractivity contribution in [3.63, 3.8) is 0 Å². The first kappa shape index (κ1) is 12.8. The molecule has 0 radical (unpaired) electrons. The number of aryl methyl sites for hydroxylation is 1. The van der Waals surface area contributed by atoms with Crippen LogP contribution in [0.15, 0.2) is 18.2 Å². The largest absolute Gasteiger partial charge is 0.367 e. The van der Waals surface area contributed by atoms with Crippen molar-refractivity contribution in [3.8, 4) is 0 Å². The van der Waals surface area contributed by atoms with Gasteiger partial charge in [0, 0.05) is 37.0 Å². The number of hydrogen-bond acceptors (Lipinski definition) is 4. The molecule has 1 aromatic rings. The Hall–Kier alpha value is -1.62. The zero-order chi connectivity index (χ0) is 13.1. The van der Waals surface area contributed by atoms with Crippen LogP contribution in [0.4, 0.5) is 11.4 Å². The Morgan fingerprint density at radius 3 is 2.83 bits per heavy atom. The van der Waals surface area contributed by atoms with Crippen molar-refractivity contribution in [1.82, 2.24) is 5.32 Å². The number of nitro groups is 1. The molecule has 0 spiro atoms. The summed E-state index contributed by atoms with van der Waals surface area (Å²) in [5.74, 6) is 0. The molecule has 1 aromatic carbocycles. The van der Waals surface area contributed by atoms with Gasteiger partial charge in [-0.1, -0.05) is 0 Å². The van der Waals surface area contributed by atoms with Crippen LogP contribution in [-0.2, 0) is 0 Å². The van der Waals surface area contributed by atoms with Gasteiger partial charge in [0.1, 0.15) is 0 Å². The summed E-state index contributed by atoms with van der Waals surface area (Å²) in [7, 11) is 0. The van der Waals surface area contributed by atoms with Crippen molar-refractivity contribution in [1.29, 1.82) is 0 Å².